The second-order valence-corrected chi connectivity index (χ2v) is 6.30. The number of carbonyl (C=O) groups excluding carboxylic acids is 1. The summed E-state index contributed by atoms with van der Waals surface area (Å²) in [4.78, 5) is 15.1. The lowest BCUT2D eigenvalue weighted by Gasteiger charge is -2.36. The number of piperidine rings is 1. The summed E-state index contributed by atoms with van der Waals surface area (Å²) < 4.78 is 5.35. The molecule has 1 saturated heterocycles. The molecule has 0 spiro atoms. The maximum atomic E-state index is 13.1. The van der Waals surface area contributed by atoms with E-state index in [4.69, 9.17) is 4.74 Å². The van der Waals surface area contributed by atoms with Gasteiger partial charge in [0.1, 0.15) is 5.75 Å². The molecule has 0 bridgehead atoms. The van der Waals surface area contributed by atoms with E-state index in [1.807, 2.05) is 23.1 Å². The molecule has 2 aromatic rings. The van der Waals surface area contributed by atoms with Gasteiger partial charge in [-0.25, -0.2) is 0 Å². The van der Waals surface area contributed by atoms with Crippen molar-refractivity contribution in [3.05, 3.63) is 47.3 Å². The number of nitrogens with zero attached hydrogens (tertiary/aromatic N) is 2. The van der Waals surface area contributed by atoms with E-state index in [1.54, 1.807) is 13.3 Å². The van der Waals surface area contributed by atoms with Gasteiger partial charge < -0.3 is 9.64 Å². The number of hydrogen-bond acceptors (Lipinski definition) is 3. The maximum absolute atomic E-state index is 13.1. The molecule has 0 saturated carbocycles. The van der Waals surface area contributed by atoms with Crippen LogP contribution in [0.15, 0.2) is 30.5 Å². The van der Waals surface area contributed by atoms with Crippen LogP contribution in [0.5, 0.6) is 5.75 Å². The second kappa shape index (κ2) is 7.51. The zero-order chi connectivity index (χ0) is 16.9. The third-order valence-electron chi connectivity index (χ3n) is 4.69. The monoisotopic (exact) mass is 327 g/mol. The average Bonchev–Trinajstić information content (AvgIpc) is 3.10. The first kappa shape index (κ1) is 16.6. The molecule has 5 nitrogen and oxygen atoms in total. The predicted molar refractivity (Wildman–Crippen MR) is 93.2 cm³/mol. The van der Waals surface area contributed by atoms with Crippen molar-refractivity contribution < 1.29 is 9.53 Å². The number of rotatable bonds is 5. The number of hydrogen-bond donors (Lipinski definition) is 1. The predicted octanol–water partition coefficient (Wildman–Crippen LogP) is 3.74. The van der Waals surface area contributed by atoms with Crippen LogP contribution in [0.2, 0.25) is 0 Å². The molecule has 128 valence electrons. The Bertz CT molecular complexity index is 695. The van der Waals surface area contributed by atoms with Crippen molar-refractivity contribution in [2.75, 3.05) is 13.7 Å². The summed E-state index contributed by atoms with van der Waals surface area (Å²) in [5.41, 5.74) is 2.80. The first-order valence-corrected chi connectivity index (χ1v) is 8.71. The number of aryl methyl sites for hydroxylation is 1. The number of methoxy groups -OCH3 is 1. The van der Waals surface area contributed by atoms with Crippen LogP contribution in [-0.2, 0) is 6.42 Å². The van der Waals surface area contributed by atoms with E-state index in [2.05, 4.69) is 23.2 Å². The molecule has 5 heteroatoms. The van der Waals surface area contributed by atoms with E-state index in [1.165, 1.54) is 0 Å². The van der Waals surface area contributed by atoms with Crippen molar-refractivity contribution in [3.63, 3.8) is 0 Å². The number of nitrogens with one attached hydrogen (secondary N) is 1. The first-order valence-electron chi connectivity index (χ1n) is 8.71. The fraction of sp³-hybridized carbons (Fsp3) is 0.474. The minimum Gasteiger partial charge on any atom is -0.497 e. The molecule has 1 aliphatic rings. The Kier molecular flexibility index (Phi) is 5.18. The molecule has 2 heterocycles. The van der Waals surface area contributed by atoms with Crippen LogP contribution in [0.4, 0.5) is 0 Å². The van der Waals surface area contributed by atoms with Crippen molar-refractivity contribution in [2.24, 2.45) is 0 Å². The highest BCUT2D eigenvalue weighted by Gasteiger charge is 2.30. The number of aromatic amines is 1. The van der Waals surface area contributed by atoms with E-state index in [0.29, 0.717) is 5.56 Å². The van der Waals surface area contributed by atoms with Gasteiger partial charge in [-0.05, 0) is 43.4 Å². The van der Waals surface area contributed by atoms with Crippen molar-refractivity contribution in [1.82, 2.24) is 15.1 Å². The number of H-pyrrole nitrogens is 1. The van der Waals surface area contributed by atoms with Crippen LogP contribution in [0.25, 0.3) is 0 Å². The fourth-order valence-electron chi connectivity index (χ4n) is 3.46. The molecule has 0 aliphatic carbocycles. The normalized spacial score (nSPS) is 17.8. The lowest BCUT2D eigenvalue weighted by Crippen LogP contribution is -2.38. The Morgan fingerprint density at radius 1 is 1.42 bits per heavy atom. The highest BCUT2D eigenvalue weighted by molar-refractivity contribution is 5.95. The molecule has 24 heavy (non-hydrogen) atoms. The number of carbonyl (C=O) groups is 1. The third kappa shape index (κ3) is 3.30. The molecule has 1 atom stereocenters. The molecule has 1 amide bonds. The van der Waals surface area contributed by atoms with Gasteiger partial charge in [-0.2, -0.15) is 5.10 Å². The van der Waals surface area contributed by atoms with E-state index >= 15 is 0 Å². The van der Waals surface area contributed by atoms with Gasteiger partial charge in [0, 0.05) is 12.2 Å². The number of aromatic nitrogens is 2. The van der Waals surface area contributed by atoms with Crippen LogP contribution >= 0.6 is 0 Å². The average molecular weight is 327 g/mol. The third-order valence-corrected chi connectivity index (χ3v) is 4.69. The van der Waals surface area contributed by atoms with Crippen molar-refractivity contribution >= 4 is 5.91 Å². The Labute approximate surface area is 143 Å². The lowest BCUT2D eigenvalue weighted by molar-refractivity contribution is 0.0610. The summed E-state index contributed by atoms with van der Waals surface area (Å²) >= 11 is 0. The van der Waals surface area contributed by atoms with Crippen molar-refractivity contribution in [3.8, 4) is 5.75 Å². The Hall–Kier alpha value is -2.30. The van der Waals surface area contributed by atoms with E-state index in [0.717, 1.165) is 55.7 Å². The van der Waals surface area contributed by atoms with Crippen LogP contribution in [-0.4, -0.2) is 34.7 Å². The highest BCUT2D eigenvalue weighted by atomic mass is 16.5. The zero-order valence-electron chi connectivity index (χ0n) is 14.4. The molecule has 1 N–H and O–H groups in total. The number of likely N-dealkylation sites (tertiary alicyclic amines) is 1. The summed E-state index contributed by atoms with van der Waals surface area (Å²) in [6.07, 6.45) is 6.68. The molecule has 1 aliphatic heterocycles. The van der Waals surface area contributed by atoms with Gasteiger partial charge in [0.05, 0.1) is 24.9 Å². The molecule has 0 unspecified atom stereocenters. The number of benzene rings is 1. The number of amides is 1. The van der Waals surface area contributed by atoms with Crippen LogP contribution in [0.1, 0.15) is 60.3 Å². The zero-order valence-corrected chi connectivity index (χ0v) is 14.4. The van der Waals surface area contributed by atoms with Gasteiger partial charge >= 0.3 is 0 Å². The summed E-state index contributed by atoms with van der Waals surface area (Å²) in [5.74, 6) is 0.917. The molecule has 1 aromatic carbocycles. The standard InChI is InChI=1S/C19H25N3O2/c1-3-7-17-16(13-20-21-17)19(23)22-11-5-4-10-18(22)14-8-6-9-15(12-14)24-2/h6,8-9,12-13,18H,3-5,7,10-11H2,1-2H3,(H,20,21)/t18-/m1/s1. The number of ether oxygens (including phenoxy) is 1. The Morgan fingerprint density at radius 3 is 3.08 bits per heavy atom. The van der Waals surface area contributed by atoms with Gasteiger partial charge in [-0.3, -0.25) is 9.89 Å². The topological polar surface area (TPSA) is 58.2 Å². The molecular weight excluding hydrogens is 302 g/mol. The van der Waals surface area contributed by atoms with Crippen molar-refractivity contribution in [2.45, 2.75) is 45.1 Å². The molecule has 1 aromatic heterocycles. The van der Waals surface area contributed by atoms with Gasteiger partial charge in [-0.15, -0.1) is 0 Å². The van der Waals surface area contributed by atoms with Crippen molar-refractivity contribution in [1.29, 1.82) is 0 Å². The van der Waals surface area contributed by atoms with Gasteiger partial charge in [0.25, 0.3) is 5.91 Å². The van der Waals surface area contributed by atoms with E-state index in [-0.39, 0.29) is 11.9 Å². The quantitative estimate of drug-likeness (QED) is 0.910. The van der Waals surface area contributed by atoms with Crippen LogP contribution < -0.4 is 4.74 Å². The van der Waals surface area contributed by atoms with Gasteiger partial charge in [0.2, 0.25) is 0 Å². The first-order chi connectivity index (χ1) is 11.7. The van der Waals surface area contributed by atoms with Crippen LogP contribution in [0.3, 0.4) is 0 Å². The Balaban J connectivity index is 1.88. The minimum atomic E-state index is 0.0831. The molecular formula is C19H25N3O2. The summed E-state index contributed by atoms with van der Waals surface area (Å²) in [7, 11) is 1.67. The molecule has 0 radical (unpaired) electrons. The summed E-state index contributed by atoms with van der Waals surface area (Å²) in [5, 5.41) is 7.07. The van der Waals surface area contributed by atoms with Crippen LogP contribution in [0, 0.1) is 0 Å². The largest absolute Gasteiger partial charge is 0.497 e. The fourth-order valence-corrected chi connectivity index (χ4v) is 3.46. The second-order valence-electron chi connectivity index (χ2n) is 6.30. The lowest BCUT2D eigenvalue weighted by atomic mass is 9.94. The van der Waals surface area contributed by atoms with E-state index in [9.17, 15) is 4.79 Å². The Morgan fingerprint density at radius 2 is 2.29 bits per heavy atom. The van der Waals surface area contributed by atoms with Gasteiger partial charge in [-0.1, -0.05) is 25.5 Å². The maximum Gasteiger partial charge on any atom is 0.257 e. The minimum absolute atomic E-state index is 0.0831. The molecule has 3 rings (SSSR count). The highest BCUT2D eigenvalue weighted by Crippen LogP contribution is 2.33. The molecule has 1 fully saturated rings. The van der Waals surface area contributed by atoms with Gasteiger partial charge in [0.15, 0.2) is 0 Å². The SMILES string of the molecule is CCCc1[nH]ncc1C(=O)N1CCCC[C@@H]1c1cccc(OC)c1. The summed E-state index contributed by atoms with van der Waals surface area (Å²) in [6, 6.07) is 8.16. The summed E-state index contributed by atoms with van der Waals surface area (Å²) in [6.45, 7) is 2.90. The smallest absolute Gasteiger partial charge is 0.257 e. The van der Waals surface area contributed by atoms with E-state index < -0.39 is 0 Å².